The van der Waals surface area contributed by atoms with Gasteiger partial charge in [-0.05, 0) is 35.9 Å². The molecule has 1 aromatic rings. The molecule has 0 amide bonds. The summed E-state index contributed by atoms with van der Waals surface area (Å²) in [6.45, 7) is 7.82. The lowest BCUT2D eigenvalue weighted by atomic mass is 9.86. The summed E-state index contributed by atoms with van der Waals surface area (Å²) in [5.74, 6) is 0. The van der Waals surface area contributed by atoms with Gasteiger partial charge in [0.25, 0.3) is 0 Å². The van der Waals surface area contributed by atoms with Crippen molar-refractivity contribution < 1.29 is 0 Å². The zero-order valence-corrected chi connectivity index (χ0v) is 11.2. The van der Waals surface area contributed by atoms with Crippen LogP contribution in [0.4, 0.5) is 0 Å². The van der Waals surface area contributed by atoms with E-state index in [1.165, 1.54) is 24.0 Å². The largest absolute Gasteiger partial charge is 0.323 e. The van der Waals surface area contributed by atoms with E-state index in [9.17, 15) is 0 Å². The van der Waals surface area contributed by atoms with E-state index in [0.29, 0.717) is 6.04 Å². The molecule has 17 heavy (non-hydrogen) atoms. The van der Waals surface area contributed by atoms with Crippen molar-refractivity contribution >= 4 is 0 Å². The summed E-state index contributed by atoms with van der Waals surface area (Å²) in [4.78, 5) is 0. The molecule has 0 radical (unpaired) electrons. The van der Waals surface area contributed by atoms with Crippen LogP contribution in [0.15, 0.2) is 24.3 Å². The van der Waals surface area contributed by atoms with Crippen molar-refractivity contribution in [2.75, 3.05) is 6.54 Å². The van der Waals surface area contributed by atoms with Crippen molar-refractivity contribution in [3.05, 3.63) is 35.4 Å². The average molecular weight is 232 g/mol. The number of nitrogens with one attached hydrogen (secondary N) is 1. The lowest BCUT2D eigenvalue weighted by Crippen LogP contribution is -2.34. The number of hydrogen-bond acceptors (Lipinski definition) is 2. The molecule has 1 aliphatic rings. The molecular formula is C15H24N2. The predicted molar refractivity (Wildman–Crippen MR) is 73.1 cm³/mol. The summed E-state index contributed by atoms with van der Waals surface area (Å²) < 4.78 is 0. The van der Waals surface area contributed by atoms with Gasteiger partial charge < -0.3 is 11.1 Å². The van der Waals surface area contributed by atoms with Crippen molar-refractivity contribution in [2.24, 2.45) is 5.73 Å². The Balaban J connectivity index is 2.12. The molecule has 1 aromatic carbocycles. The summed E-state index contributed by atoms with van der Waals surface area (Å²) in [6, 6.07) is 9.38. The second kappa shape index (κ2) is 4.79. The van der Waals surface area contributed by atoms with Crippen LogP contribution in [0.3, 0.4) is 0 Å². The van der Waals surface area contributed by atoms with Crippen LogP contribution in [-0.4, -0.2) is 12.6 Å². The average Bonchev–Trinajstić information content (AvgIpc) is 2.80. The van der Waals surface area contributed by atoms with E-state index in [0.717, 1.165) is 6.54 Å². The minimum Gasteiger partial charge on any atom is -0.323 e. The van der Waals surface area contributed by atoms with Crippen molar-refractivity contribution in [1.29, 1.82) is 0 Å². The Morgan fingerprint density at radius 2 is 1.88 bits per heavy atom. The highest BCUT2D eigenvalue weighted by molar-refractivity contribution is 5.29. The van der Waals surface area contributed by atoms with Crippen molar-refractivity contribution in [3.63, 3.8) is 0 Å². The summed E-state index contributed by atoms with van der Waals surface area (Å²) in [7, 11) is 0. The maximum Gasteiger partial charge on any atom is 0.0450 e. The number of hydrogen-bond donors (Lipinski definition) is 2. The Bertz CT molecular complexity index is 356. The molecule has 2 nitrogen and oxygen atoms in total. The molecule has 0 aromatic heterocycles. The first-order valence-corrected chi connectivity index (χ1v) is 6.58. The second-order valence-electron chi connectivity index (χ2n) is 6.10. The van der Waals surface area contributed by atoms with Gasteiger partial charge in [-0.2, -0.15) is 0 Å². The van der Waals surface area contributed by atoms with E-state index < -0.39 is 0 Å². The molecule has 0 saturated carbocycles. The molecule has 2 rings (SSSR count). The van der Waals surface area contributed by atoms with E-state index in [-0.39, 0.29) is 11.5 Å². The van der Waals surface area contributed by atoms with Gasteiger partial charge in [-0.3, -0.25) is 0 Å². The fraction of sp³-hybridized carbons (Fsp3) is 0.600. The van der Waals surface area contributed by atoms with E-state index in [1.807, 2.05) is 0 Å². The SMILES string of the molecule is CC(C)(C)c1ccc(C(N)C2CCCN2)cc1. The standard InChI is InChI=1S/C15H24N2/c1-15(2,3)12-8-6-11(7-9-12)14(16)13-5-4-10-17-13/h6-9,13-14,17H,4-5,10,16H2,1-3H3. The smallest absolute Gasteiger partial charge is 0.0450 e. The molecule has 0 bridgehead atoms. The zero-order chi connectivity index (χ0) is 12.5. The lowest BCUT2D eigenvalue weighted by Gasteiger charge is -2.22. The minimum atomic E-state index is 0.131. The van der Waals surface area contributed by atoms with Crippen LogP contribution in [-0.2, 0) is 5.41 Å². The van der Waals surface area contributed by atoms with Crippen molar-refractivity contribution in [3.8, 4) is 0 Å². The van der Waals surface area contributed by atoms with Crippen LogP contribution in [0.1, 0.15) is 50.8 Å². The van der Waals surface area contributed by atoms with Gasteiger partial charge in [-0.1, -0.05) is 45.0 Å². The van der Waals surface area contributed by atoms with Gasteiger partial charge in [0.05, 0.1) is 0 Å². The zero-order valence-electron chi connectivity index (χ0n) is 11.2. The van der Waals surface area contributed by atoms with Gasteiger partial charge in [0, 0.05) is 12.1 Å². The molecule has 0 spiro atoms. The summed E-state index contributed by atoms with van der Waals surface area (Å²) in [6.07, 6.45) is 2.45. The highest BCUT2D eigenvalue weighted by atomic mass is 15.0. The lowest BCUT2D eigenvalue weighted by molar-refractivity contribution is 0.500. The van der Waals surface area contributed by atoms with Crippen LogP contribution in [0.5, 0.6) is 0 Å². The summed E-state index contributed by atoms with van der Waals surface area (Å²) in [5.41, 5.74) is 9.13. The normalized spacial score (nSPS) is 22.7. The quantitative estimate of drug-likeness (QED) is 0.823. The Morgan fingerprint density at radius 3 is 2.35 bits per heavy atom. The van der Waals surface area contributed by atoms with Gasteiger partial charge in [0.2, 0.25) is 0 Å². The monoisotopic (exact) mass is 232 g/mol. The molecule has 2 atom stereocenters. The summed E-state index contributed by atoms with van der Waals surface area (Å²) in [5, 5.41) is 3.47. The maximum atomic E-state index is 6.30. The number of rotatable bonds is 2. The van der Waals surface area contributed by atoms with Gasteiger partial charge in [0.15, 0.2) is 0 Å². The molecule has 2 unspecified atom stereocenters. The van der Waals surface area contributed by atoms with E-state index >= 15 is 0 Å². The van der Waals surface area contributed by atoms with Crippen LogP contribution >= 0.6 is 0 Å². The Labute approximate surface area is 105 Å². The molecule has 2 heteroatoms. The van der Waals surface area contributed by atoms with Crippen molar-refractivity contribution in [2.45, 2.75) is 51.1 Å². The van der Waals surface area contributed by atoms with Crippen LogP contribution in [0.2, 0.25) is 0 Å². The molecule has 1 aliphatic heterocycles. The topological polar surface area (TPSA) is 38.0 Å². The maximum absolute atomic E-state index is 6.30. The molecule has 94 valence electrons. The summed E-state index contributed by atoms with van der Waals surface area (Å²) >= 11 is 0. The van der Waals surface area contributed by atoms with E-state index in [1.54, 1.807) is 0 Å². The fourth-order valence-electron chi connectivity index (χ4n) is 2.46. The van der Waals surface area contributed by atoms with Crippen LogP contribution in [0.25, 0.3) is 0 Å². The third kappa shape index (κ3) is 2.88. The second-order valence-corrected chi connectivity index (χ2v) is 6.10. The number of benzene rings is 1. The first kappa shape index (κ1) is 12.6. The third-order valence-electron chi connectivity index (χ3n) is 3.69. The van der Waals surface area contributed by atoms with E-state index in [2.05, 4.69) is 50.4 Å². The molecule has 3 N–H and O–H groups in total. The molecule has 0 aliphatic carbocycles. The minimum absolute atomic E-state index is 0.131. The Hall–Kier alpha value is -0.860. The van der Waals surface area contributed by atoms with Crippen molar-refractivity contribution in [1.82, 2.24) is 5.32 Å². The highest BCUT2D eigenvalue weighted by Crippen LogP contribution is 2.25. The van der Waals surface area contributed by atoms with Crippen LogP contribution < -0.4 is 11.1 Å². The first-order chi connectivity index (χ1) is 7.98. The van der Waals surface area contributed by atoms with Crippen LogP contribution in [0, 0.1) is 0 Å². The highest BCUT2D eigenvalue weighted by Gasteiger charge is 2.23. The van der Waals surface area contributed by atoms with E-state index in [4.69, 9.17) is 5.73 Å². The molecule has 1 saturated heterocycles. The fourth-order valence-corrected chi connectivity index (χ4v) is 2.46. The molecule has 1 heterocycles. The predicted octanol–water partition coefficient (Wildman–Crippen LogP) is 2.74. The number of nitrogens with two attached hydrogens (primary N) is 1. The molecular weight excluding hydrogens is 208 g/mol. The third-order valence-corrected chi connectivity index (χ3v) is 3.69. The Morgan fingerprint density at radius 1 is 1.24 bits per heavy atom. The van der Waals surface area contributed by atoms with Gasteiger partial charge in [-0.25, -0.2) is 0 Å². The van der Waals surface area contributed by atoms with Gasteiger partial charge >= 0.3 is 0 Å². The van der Waals surface area contributed by atoms with Gasteiger partial charge in [-0.15, -0.1) is 0 Å². The molecule has 1 fully saturated rings. The van der Waals surface area contributed by atoms with Gasteiger partial charge in [0.1, 0.15) is 0 Å². The Kier molecular flexibility index (Phi) is 3.55. The first-order valence-electron chi connectivity index (χ1n) is 6.58.